The third kappa shape index (κ3) is 3.93. The number of halogens is 1. The molecule has 0 radical (unpaired) electrons. The van der Waals surface area contributed by atoms with Gasteiger partial charge in [-0.1, -0.05) is 41.9 Å². The van der Waals surface area contributed by atoms with Crippen LogP contribution in [-0.2, 0) is 17.9 Å². The lowest BCUT2D eigenvalue weighted by atomic mass is 10.2. The second-order valence-corrected chi connectivity index (χ2v) is 6.64. The van der Waals surface area contributed by atoms with Gasteiger partial charge in [-0.25, -0.2) is 0 Å². The number of ether oxygens (including phenoxy) is 2. The quantitative estimate of drug-likeness (QED) is 0.659. The summed E-state index contributed by atoms with van der Waals surface area (Å²) in [6.45, 7) is 0.826. The van der Waals surface area contributed by atoms with Gasteiger partial charge in [-0.05, 0) is 35.9 Å². The van der Waals surface area contributed by atoms with Crippen molar-refractivity contribution in [3.05, 3.63) is 83.3 Å². The summed E-state index contributed by atoms with van der Waals surface area (Å²) in [5.74, 6) is 1.72. The minimum Gasteiger partial charge on any atom is -0.485 e. The molecule has 0 bridgehead atoms. The Kier molecular flexibility index (Phi) is 5.03. The molecule has 4 rings (SSSR count). The molecule has 1 aliphatic rings. The third-order valence-electron chi connectivity index (χ3n) is 4.34. The normalized spacial score (nSPS) is 15.4. The summed E-state index contributed by atoms with van der Waals surface area (Å²) in [4.78, 5) is 14.9. The number of para-hydroxylation sites is 2. The molecule has 2 heterocycles. The van der Waals surface area contributed by atoms with Gasteiger partial charge in [0.1, 0.15) is 12.4 Å². The molecule has 0 fully saturated rings. The second kappa shape index (κ2) is 7.76. The lowest BCUT2D eigenvalue weighted by Gasteiger charge is -2.30. The number of furan rings is 1. The highest BCUT2D eigenvalue weighted by molar-refractivity contribution is 6.31. The van der Waals surface area contributed by atoms with E-state index in [0.717, 1.165) is 5.56 Å². The molecule has 0 saturated heterocycles. The standard InChI is InChI=1S/C21H18ClNO4/c22-17-8-2-1-6-15(17)12-23(13-16-7-5-11-25-16)21(24)20-14-26-18-9-3-4-10-19(18)27-20/h1-11,20H,12-14H2. The van der Waals surface area contributed by atoms with Crippen molar-refractivity contribution in [2.75, 3.05) is 6.61 Å². The first-order valence-corrected chi connectivity index (χ1v) is 9.01. The molecule has 3 aromatic rings. The number of carbonyl (C=O) groups excluding carboxylic acids is 1. The molecule has 5 nitrogen and oxygen atoms in total. The van der Waals surface area contributed by atoms with E-state index in [1.165, 1.54) is 0 Å². The highest BCUT2D eigenvalue weighted by Gasteiger charge is 2.31. The van der Waals surface area contributed by atoms with Crippen LogP contribution in [0.15, 0.2) is 71.3 Å². The number of fused-ring (bicyclic) bond motifs is 1. The van der Waals surface area contributed by atoms with Crippen LogP contribution < -0.4 is 9.47 Å². The molecule has 1 aliphatic heterocycles. The smallest absolute Gasteiger partial charge is 0.267 e. The fraction of sp³-hybridized carbons (Fsp3) is 0.190. The zero-order valence-electron chi connectivity index (χ0n) is 14.5. The molecule has 1 aromatic heterocycles. The van der Waals surface area contributed by atoms with Crippen molar-refractivity contribution >= 4 is 17.5 Å². The summed E-state index contributed by atoms with van der Waals surface area (Å²) in [6, 6.07) is 18.4. The second-order valence-electron chi connectivity index (χ2n) is 6.23. The first-order chi connectivity index (χ1) is 13.2. The highest BCUT2D eigenvalue weighted by atomic mass is 35.5. The van der Waals surface area contributed by atoms with E-state index in [-0.39, 0.29) is 12.5 Å². The molecule has 138 valence electrons. The van der Waals surface area contributed by atoms with E-state index in [1.807, 2.05) is 48.5 Å². The number of hydrogen-bond acceptors (Lipinski definition) is 4. The van der Waals surface area contributed by atoms with Gasteiger partial charge in [0, 0.05) is 11.6 Å². The van der Waals surface area contributed by atoms with Gasteiger partial charge in [-0.2, -0.15) is 0 Å². The van der Waals surface area contributed by atoms with Crippen molar-refractivity contribution in [3.8, 4) is 11.5 Å². The summed E-state index contributed by atoms with van der Waals surface area (Å²) in [5, 5.41) is 0.612. The molecule has 1 unspecified atom stereocenters. The van der Waals surface area contributed by atoms with Crippen LogP contribution in [0.4, 0.5) is 0 Å². The molecule has 0 aliphatic carbocycles. The third-order valence-corrected chi connectivity index (χ3v) is 4.71. The van der Waals surface area contributed by atoms with Gasteiger partial charge in [-0.3, -0.25) is 4.79 Å². The molecule has 2 aromatic carbocycles. The summed E-state index contributed by atoms with van der Waals surface area (Å²) in [5.41, 5.74) is 0.858. The number of amides is 1. The Bertz CT molecular complexity index is 925. The fourth-order valence-electron chi connectivity index (χ4n) is 2.98. The van der Waals surface area contributed by atoms with Crippen LogP contribution in [0.1, 0.15) is 11.3 Å². The Morgan fingerprint density at radius 1 is 1.00 bits per heavy atom. The Morgan fingerprint density at radius 3 is 2.56 bits per heavy atom. The molecule has 1 amide bonds. The predicted octanol–water partition coefficient (Wildman–Crippen LogP) is 4.30. The predicted molar refractivity (Wildman–Crippen MR) is 101 cm³/mol. The average Bonchev–Trinajstić information content (AvgIpc) is 3.21. The number of hydrogen-bond donors (Lipinski definition) is 0. The SMILES string of the molecule is O=C(C1COc2ccccc2O1)N(Cc1ccco1)Cc1ccccc1Cl. The van der Waals surface area contributed by atoms with Crippen LogP contribution in [0.25, 0.3) is 0 Å². The van der Waals surface area contributed by atoms with Gasteiger partial charge in [0.05, 0.1) is 12.8 Å². The van der Waals surface area contributed by atoms with Crippen molar-refractivity contribution in [2.45, 2.75) is 19.2 Å². The molecule has 0 N–H and O–H groups in total. The minimum absolute atomic E-state index is 0.160. The average molecular weight is 384 g/mol. The van der Waals surface area contributed by atoms with Gasteiger partial charge in [0.2, 0.25) is 6.10 Å². The van der Waals surface area contributed by atoms with E-state index < -0.39 is 6.10 Å². The zero-order valence-corrected chi connectivity index (χ0v) is 15.3. The molecular formula is C21H18ClNO4. The maximum Gasteiger partial charge on any atom is 0.267 e. The Hall–Kier alpha value is -2.92. The first kappa shape index (κ1) is 17.5. The largest absolute Gasteiger partial charge is 0.485 e. The topological polar surface area (TPSA) is 51.9 Å². The minimum atomic E-state index is -0.725. The van der Waals surface area contributed by atoms with Gasteiger partial charge in [-0.15, -0.1) is 0 Å². The number of rotatable bonds is 5. The van der Waals surface area contributed by atoms with Gasteiger partial charge >= 0.3 is 0 Å². The molecule has 27 heavy (non-hydrogen) atoms. The van der Waals surface area contributed by atoms with Gasteiger partial charge in [0.25, 0.3) is 5.91 Å². The molecule has 0 spiro atoms. The Balaban J connectivity index is 1.56. The summed E-state index contributed by atoms with van der Waals surface area (Å²) in [7, 11) is 0. The maximum absolute atomic E-state index is 13.2. The number of nitrogens with zero attached hydrogens (tertiary/aromatic N) is 1. The van der Waals surface area contributed by atoms with E-state index in [4.69, 9.17) is 25.5 Å². The van der Waals surface area contributed by atoms with Crippen molar-refractivity contribution in [2.24, 2.45) is 0 Å². The van der Waals surface area contributed by atoms with Crippen molar-refractivity contribution in [3.63, 3.8) is 0 Å². The lowest BCUT2D eigenvalue weighted by Crippen LogP contribution is -2.45. The zero-order chi connectivity index (χ0) is 18.6. The van der Waals surface area contributed by atoms with Crippen LogP contribution in [-0.4, -0.2) is 23.5 Å². The van der Waals surface area contributed by atoms with Crippen LogP contribution >= 0.6 is 11.6 Å². The van der Waals surface area contributed by atoms with Crippen LogP contribution in [0.5, 0.6) is 11.5 Å². The Labute approximate surface area is 162 Å². The summed E-state index contributed by atoms with van der Waals surface area (Å²) < 4.78 is 17.0. The summed E-state index contributed by atoms with van der Waals surface area (Å²) >= 11 is 6.29. The molecular weight excluding hydrogens is 366 g/mol. The van der Waals surface area contributed by atoms with Crippen LogP contribution in [0.3, 0.4) is 0 Å². The summed E-state index contributed by atoms with van der Waals surface area (Å²) in [6.07, 6.45) is 0.863. The van der Waals surface area contributed by atoms with Crippen LogP contribution in [0, 0.1) is 0 Å². The number of benzene rings is 2. The van der Waals surface area contributed by atoms with E-state index in [1.54, 1.807) is 23.3 Å². The van der Waals surface area contributed by atoms with Gasteiger partial charge < -0.3 is 18.8 Å². The highest BCUT2D eigenvalue weighted by Crippen LogP contribution is 2.31. The van der Waals surface area contributed by atoms with E-state index in [9.17, 15) is 4.79 Å². The molecule has 0 saturated carbocycles. The van der Waals surface area contributed by atoms with Crippen LogP contribution in [0.2, 0.25) is 5.02 Å². The Morgan fingerprint density at radius 2 is 1.78 bits per heavy atom. The molecule has 6 heteroatoms. The van der Waals surface area contributed by atoms with Crippen molar-refractivity contribution < 1.29 is 18.7 Å². The van der Waals surface area contributed by atoms with Crippen molar-refractivity contribution in [1.82, 2.24) is 4.90 Å². The number of carbonyl (C=O) groups is 1. The molecule has 1 atom stereocenters. The van der Waals surface area contributed by atoms with E-state index >= 15 is 0 Å². The van der Waals surface area contributed by atoms with Crippen molar-refractivity contribution in [1.29, 1.82) is 0 Å². The van der Waals surface area contributed by atoms with E-state index in [0.29, 0.717) is 35.4 Å². The first-order valence-electron chi connectivity index (χ1n) is 8.64. The fourth-order valence-corrected chi connectivity index (χ4v) is 3.17. The monoisotopic (exact) mass is 383 g/mol. The lowest BCUT2D eigenvalue weighted by molar-refractivity contribution is -0.142. The maximum atomic E-state index is 13.2. The van der Waals surface area contributed by atoms with E-state index in [2.05, 4.69) is 0 Å². The van der Waals surface area contributed by atoms with Gasteiger partial charge in [0.15, 0.2) is 11.5 Å².